The Kier molecular flexibility index (Phi) is 8.98. The fourth-order valence-corrected chi connectivity index (χ4v) is 6.60. The SMILES string of the molecule is Nc1ccc(N=Nc2c(S(=O)(=O)O)cc3cc(S(=O)(=O)O)c(N=Nc4ccc([N+](=O)[O-])cc4S(=O)(=O)O)c(O)c3c2O)c(S(=O)(=O)O)c1. The van der Waals surface area contributed by atoms with Crippen LogP contribution in [0.15, 0.2) is 88.6 Å². The molecule has 0 atom stereocenters. The maximum atomic E-state index is 12.2. The van der Waals surface area contributed by atoms with Gasteiger partial charge in [-0.25, -0.2) is 0 Å². The molecule has 48 heavy (non-hydrogen) atoms. The average Bonchev–Trinajstić information content (AvgIpc) is 2.94. The summed E-state index contributed by atoms with van der Waals surface area (Å²) in [5, 5.41) is 45.1. The lowest BCUT2D eigenvalue weighted by Crippen LogP contribution is -2.02. The summed E-state index contributed by atoms with van der Waals surface area (Å²) < 4.78 is 135. The van der Waals surface area contributed by atoms with Crippen LogP contribution in [0.4, 0.5) is 34.1 Å². The van der Waals surface area contributed by atoms with Crippen molar-refractivity contribution in [2.45, 2.75) is 19.6 Å². The molecule has 4 aromatic rings. The fourth-order valence-electron chi connectivity index (χ4n) is 3.98. The van der Waals surface area contributed by atoms with Crippen molar-refractivity contribution in [2.75, 3.05) is 5.73 Å². The Morgan fingerprint density at radius 1 is 0.583 bits per heavy atom. The van der Waals surface area contributed by atoms with E-state index in [1.807, 2.05) is 0 Å². The molecule has 22 nitrogen and oxygen atoms in total. The van der Waals surface area contributed by atoms with Gasteiger partial charge in [-0.2, -0.15) is 33.7 Å². The number of benzene rings is 4. The number of phenols is 2. The molecular weight excluding hydrogens is 733 g/mol. The average molecular weight is 749 g/mol. The molecule has 0 bridgehead atoms. The van der Waals surface area contributed by atoms with E-state index in [-0.39, 0.29) is 5.69 Å². The minimum absolute atomic E-state index is 0.174. The van der Waals surface area contributed by atoms with Gasteiger partial charge in [-0.3, -0.25) is 28.3 Å². The largest absolute Gasteiger partial charge is 0.505 e. The van der Waals surface area contributed by atoms with Gasteiger partial charge in [0.15, 0.2) is 11.5 Å². The quantitative estimate of drug-likeness (QED) is 0.0423. The zero-order valence-electron chi connectivity index (χ0n) is 22.8. The van der Waals surface area contributed by atoms with Crippen LogP contribution in [0.3, 0.4) is 0 Å². The Morgan fingerprint density at radius 3 is 1.38 bits per heavy atom. The van der Waals surface area contributed by atoms with E-state index < -0.39 is 116 Å². The van der Waals surface area contributed by atoms with Crippen LogP contribution in [0.5, 0.6) is 11.5 Å². The summed E-state index contributed by atoms with van der Waals surface area (Å²) in [5.74, 6) is -2.81. The molecular formula is C22H16N6O16S4. The number of nitrogen functional groups attached to an aromatic ring is 1. The van der Waals surface area contributed by atoms with E-state index in [0.717, 1.165) is 18.2 Å². The second kappa shape index (κ2) is 12.1. The molecule has 0 fully saturated rings. The maximum absolute atomic E-state index is 12.2. The van der Waals surface area contributed by atoms with Crippen LogP contribution in [0.2, 0.25) is 0 Å². The number of fused-ring (bicyclic) bond motifs is 1. The highest BCUT2D eigenvalue weighted by atomic mass is 32.2. The molecule has 0 saturated heterocycles. The van der Waals surface area contributed by atoms with Gasteiger partial charge < -0.3 is 15.9 Å². The molecule has 0 aliphatic carbocycles. The van der Waals surface area contributed by atoms with Crippen LogP contribution < -0.4 is 5.73 Å². The molecule has 254 valence electrons. The van der Waals surface area contributed by atoms with Gasteiger partial charge >= 0.3 is 0 Å². The van der Waals surface area contributed by atoms with Crippen molar-refractivity contribution in [3.63, 3.8) is 0 Å². The van der Waals surface area contributed by atoms with Crippen LogP contribution in [0, 0.1) is 10.1 Å². The summed E-state index contributed by atoms with van der Waals surface area (Å²) in [6.45, 7) is 0. The monoisotopic (exact) mass is 748 g/mol. The number of phenolic OH excluding ortho intramolecular Hbond substituents is 2. The number of hydrogen-bond acceptors (Lipinski definition) is 17. The summed E-state index contributed by atoms with van der Waals surface area (Å²) in [6.07, 6.45) is 0. The first kappa shape index (κ1) is 35.6. The molecule has 4 aromatic carbocycles. The third-order valence-electron chi connectivity index (χ3n) is 6.02. The lowest BCUT2D eigenvalue weighted by molar-refractivity contribution is -0.385. The molecule has 0 aromatic heterocycles. The maximum Gasteiger partial charge on any atom is 0.297 e. The summed E-state index contributed by atoms with van der Waals surface area (Å²) in [4.78, 5) is 5.23. The number of rotatable bonds is 9. The molecule has 0 unspecified atom stereocenters. The molecule has 0 spiro atoms. The van der Waals surface area contributed by atoms with Crippen LogP contribution in [0.25, 0.3) is 10.8 Å². The molecule has 26 heteroatoms. The Bertz CT molecular complexity index is 2570. The number of anilines is 1. The topological polar surface area (TPSA) is 377 Å². The van der Waals surface area contributed by atoms with Crippen molar-refractivity contribution in [2.24, 2.45) is 20.5 Å². The normalized spacial score (nSPS) is 13.1. The minimum Gasteiger partial charge on any atom is -0.505 e. The second-order valence-corrected chi connectivity index (χ2v) is 14.7. The zero-order valence-corrected chi connectivity index (χ0v) is 26.1. The third-order valence-corrected chi connectivity index (χ3v) is 9.52. The number of nitro benzene ring substituents is 1. The van der Waals surface area contributed by atoms with Crippen molar-refractivity contribution in [1.29, 1.82) is 0 Å². The van der Waals surface area contributed by atoms with Gasteiger partial charge in [-0.1, -0.05) is 0 Å². The summed E-state index contributed by atoms with van der Waals surface area (Å²) in [6, 6.07) is 5.32. The van der Waals surface area contributed by atoms with Crippen molar-refractivity contribution < 1.29 is 67.0 Å². The van der Waals surface area contributed by atoms with Gasteiger partial charge in [0.1, 0.15) is 42.3 Å². The molecule has 4 rings (SSSR count). The summed E-state index contributed by atoms with van der Waals surface area (Å²) in [7, 11) is -21.1. The predicted octanol–water partition coefficient (Wildman–Crippen LogP) is 3.56. The van der Waals surface area contributed by atoms with Gasteiger partial charge in [0.2, 0.25) is 0 Å². The molecule has 0 aliphatic rings. The molecule has 0 radical (unpaired) electrons. The van der Waals surface area contributed by atoms with Gasteiger partial charge in [0, 0.05) is 17.8 Å². The number of azo groups is 2. The van der Waals surface area contributed by atoms with Gasteiger partial charge in [-0.15, -0.1) is 20.5 Å². The molecule has 0 aliphatic heterocycles. The first-order valence-electron chi connectivity index (χ1n) is 11.9. The highest BCUT2D eigenvalue weighted by Gasteiger charge is 2.29. The Morgan fingerprint density at radius 2 is 0.979 bits per heavy atom. The number of aromatic hydroxyl groups is 2. The lowest BCUT2D eigenvalue weighted by Gasteiger charge is -2.13. The first-order valence-corrected chi connectivity index (χ1v) is 17.6. The second-order valence-electron chi connectivity index (χ2n) is 9.18. The predicted molar refractivity (Wildman–Crippen MR) is 159 cm³/mol. The zero-order chi connectivity index (χ0) is 36.1. The van der Waals surface area contributed by atoms with Gasteiger partial charge in [0.25, 0.3) is 46.2 Å². The smallest absolute Gasteiger partial charge is 0.297 e. The number of hydrogen-bond donors (Lipinski definition) is 7. The van der Waals surface area contributed by atoms with E-state index in [9.17, 15) is 72.2 Å². The van der Waals surface area contributed by atoms with Gasteiger partial charge in [-0.05, 0) is 41.8 Å². The van der Waals surface area contributed by atoms with Crippen LogP contribution in [-0.2, 0) is 40.5 Å². The summed E-state index contributed by atoms with van der Waals surface area (Å²) in [5.41, 5.74) is 0.506. The molecule has 0 heterocycles. The number of nitro groups is 1. The lowest BCUT2D eigenvalue weighted by atomic mass is 10.1. The van der Waals surface area contributed by atoms with Crippen LogP contribution in [-0.4, -0.2) is 67.0 Å². The van der Waals surface area contributed by atoms with Crippen LogP contribution in [0.1, 0.15) is 0 Å². The molecule has 8 N–H and O–H groups in total. The van der Waals surface area contributed by atoms with Crippen molar-refractivity contribution in [3.05, 3.63) is 58.6 Å². The van der Waals surface area contributed by atoms with E-state index in [0.29, 0.717) is 30.3 Å². The van der Waals surface area contributed by atoms with Crippen LogP contribution >= 0.6 is 0 Å². The van der Waals surface area contributed by atoms with Crippen molar-refractivity contribution in [3.8, 4) is 11.5 Å². The molecule has 0 amide bonds. The minimum atomic E-state index is -5.45. The van der Waals surface area contributed by atoms with E-state index in [1.165, 1.54) is 0 Å². The standard InChI is InChI=1S/C22H16N6O16S4/c23-10-1-3-12(14(7-10)45(33,34)35)24-26-19-16(47(39,40)41)5-9-6-17(48(42,43)44)20(22(30)18(9)21(19)29)27-25-13-4-2-11(28(31)32)8-15(13)46(36,37)38/h1-8,29-30H,23H2,(H,33,34,35)(H,36,37,38)(H,39,40,41)(H,42,43,44). The summed E-state index contributed by atoms with van der Waals surface area (Å²) >= 11 is 0. The van der Waals surface area contributed by atoms with E-state index in [4.69, 9.17) is 5.73 Å². The Hall–Kier alpha value is -5.22. The van der Waals surface area contributed by atoms with Gasteiger partial charge in [0.05, 0.1) is 10.3 Å². The fraction of sp³-hybridized carbons (Fsp3) is 0. The number of nitrogens with zero attached hydrogens (tertiary/aromatic N) is 5. The highest BCUT2D eigenvalue weighted by molar-refractivity contribution is 7.86. The number of nitrogens with two attached hydrogens (primary N) is 1. The Labute approximate surface area is 267 Å². The number of non-ortho nitro benzene ring substituents is 1. The van der Waals surface area contributed by atoms with Crippen molar-refractivity contribution in [1.82, 2.24) is 0 Å². The highest BCUT2D eigenvalue weighted by Crippen LogP contribution is 2.50. The van der Waals surface area contributed by atoms with Crippen molar-refractivity contribution >= 4 is 85.4 Å². The Balaban J connectivity index is 2.07. The molecule has 0 saturated carbocycles. The third kappa shape index (κ3) is 7.18. The van der Waals surface area contributed by atoms with E-state index >= 15 is 0 Å². The first-order chi connectivity index (χ1) is 21.9. The van der Waals surface area contributed by atoms with E-state index in [1.54, 1.807) is 0 Å². The van der Waals surface area contributed by atoms with E-state index in [2.05, 4.69) is 20.5 Å².